The Labute approximate surface area is 105 Å². The lowest BCUT2D eigenvalue weighted by atomic mass is 9.98. The monoisotopic (exact) mass is 235 g/mol. The molecule has 1 aromatic heterocycles. The van der Waals surface area contributed by atoms with Crippen molar-refractivity contribution in [2.45, 2.75) is 47.0 Å². The predicted octanol–water partition coefficient (Wildman–Crippen LogP) is 2.61. The molecule has 0 bridgehead atoms. The molecule has 3 heteroatoms. The number of aromatic nitrogens is 2. The topological polar surface area (TPSA) is 37.8 Å². The van der Waals surface area contributed by atoms with Crippen molar-refractivity contribution in [2.24, 2.45) is 5.92 Å². The largest absolute Gasteiger partial charge is 0.319 e. The molecule has 1 aromatic rings. The minimum Gasteiger partial charge on any atom is -0.319 e. The van der Waals surface area contributed by atoms with E-state index in [1.807, 2.05) is 7.05 Å². The van der Waals surface area contributed by atoms with Gasteiger partial charge in [0.1, 0.15) is 5.82 Å². The first-order valence-corrected chi connectivity index (χ1v) is 6.44. The third-order valence-electron chi connectivity index (χ3n) is 3.06. The molecule has 3 nitrogen and oxygen atoms in total. The molecule has 1 atom stereocenters. The van der Waals surface area contributed by atoms with E-state index in [0.717, 1.165) is 30.2 Å². The number of hydrogen-bond donors (Lipinski definition) is 1. The van der Waals surface area contributed by atoms with Crippen LogP contribution < -0.4 is 5.32 Å². The zero-order valence-corrected chi connectivity index (χ0v) is 12.0. The van der Waals surface area contributed by atoms with Crippen molar-refractivity contribution in [1.29, 1.82) is 0 Å². The number of nitrogens with zero attached hydrogens (tertiary/aromatic N) is 2. The van der Waals surface area contributed by atoms with Gasteiger partial charge in [-0.3, -0.25) is 0 Å². The molecule has 1 rings (SSSR count). The van der Waals surface area contributed by atoms with E-state index in [1.165, 1.54) is 5.56 Å². The second-order valence-corrected chi connectivity index (χ2v) is 5.25. The molecule has 0 aliphatic carbocycles. The average Bonchev–Trinajstić information content (AvgIpc) is 2.23. The molecule has 0 saturated carbocycles. The molecule has 0 aliphatic rings. The van der Waals surface area contributed by atoms with Gasteiger partial charge in [0, 0.05) is 17.3 Å². The molecular weight excluding hydrogens is 210 g/mol. The van der Waals surface area contributed by atoms with Crippen LogP contribution in [0.2, 0.25) is 0 Å². The first-order chi connectivity index (χ1) is 7.95. The number of hydrogen-bond acceptors (Lipinski definition) is 3. The summed E-state index contributed by atoms with van der Waals surface area (Å²) in [5, 5.41) is 3.22. The fraction of sp³-hybridized carbons (Fsp3) is 0.714. The van der Waals surface area contributed by atoms with Gasteiger partial charge in [0.15, 0.2) is 0 Å². The molecule has 1 N–H and O–H groups in total. The normalized spacial score (nSPS) is 13.1. The summed E-state index contributed by atoms with van der Waals surface area (Å²) in [6.07, 6.45) is 1.05. The van der Waals surface area contributed by atoms with Crippen LogP contribution in [0.1, 0.15) is 49.5 Å². The zero-order chi connectivity index (χ0) is 13.0. The Morgan fingerprint density at radius 1 is 1.06 bits per heavy atom. The molecule has 0 aromatic carbocycles. The van der Waals surface area contributed by atoms with Crippen molar-refractivity contribution < 1.29 is 0 Å². The summed E-state index contributed by atoms with van der Waals surface area (Å²) in [5.74, 6) is 1.98. The summed E-state index contributed by atoms with van der Waals surface area (Å²) in [6, 6.07) is 0. The summed E-state index contributed by atoms with van der Waals surface area (Å²) in [6.45, 7) is 11.8. The van der Waals surface area contributed by atoms with Crippen LogP contribution in [0.5, 0.6) is 0 Å². The van der Waals surface area contributed by atoms with Crippen molar-refractivity contribution in [3.8, 4) is 0 Å². The standard InChI is InChI=1S/C14H25N3/c1-9(2)14-16-11(4)13(12(5)17-14)7-10(3)8-15-6/h9-10,15H,7-8H2,1-6H3. The first-order valence-electron chi connectivity index (χ1n) is 6.44. The van der Waals surface area contributed by atoms with Crippen molar-refractivity contribution in [3.63, 3.8) is 0 Å². The van der Waals surface area contributed by atoms with E-state index in [4.69, 9.17) is 0 Å². The number of nitrogens with one attached hydrogen (secondary N) is 1. The lowest BCUT2D eigenvalue weighted by Crippen LogP contribution is -2.19. The Kier molecular flexibility index (Phi) is 5.06. The molecule has 0 radical (unpaired) electrons. The molecule has 0 fully saturated rings. The van der Waals surface area contributed by atoms with Crippen LogP contribution in [0.3, 0.4) is 0 Å². The van der Waals surface area contributed by atoms with E-state index in [9.17, 15) is 0 Å². The number of rotatable bonds is 5. The van der Waals surface area contributed by atoms with E-state index in [1.54, 1.807) is 0 Å². The SMILES string of the molecule is CNCC(C)Cc1c(C)nc(C(C)C)nc1C. The molecular formula is C14H25N3. The minimum absolute atomic E-state index is 0.399. The van der Waals surface area contributed by atoms with Gasteiger partial charge in [0.05, 0.1) is 0 Å². The van der Waals surface area contributed by atoms with Crippen LogP contribution in [0.25, 0.3) is 0 Å². The Morgan fingerprint density at radius 3 is 2.00 bits per heavy atom. The average molecular weight is 235 g/mol. The van der Waals surface area contributed by atoms with Crippen LogP contribution in [0, 0.1) is 19.8 Å². The first kappa shape index (κ1) is 14.1. The smallest absolute Gasteiger partial charge is 0.131 e. The summed E-state index contributed by atoms with van der Waals surface area (Å²) < 4.78 is 0. The highest BCUT2D eigenvalue weighted by molar-refractivity contribution is 5.25. The third kappa shape index (κ3) is 3.77. The van der Waals surface area contributed by atoms with Gasteiger partial charge in [0.2, 0.25) is 0 Å². The van der Waals surface area contributed by atoms with Gasteiger partial charge in [0.25, 0.3) is 0 Å². The maximum absolute atomic E-state index is 4.62. The van der Waals surface area contributed by atoms with Crippen LogP contribution in [0.15, 0.2) is 0 Å². The van der Waals surface area contributed by atoms with E-state index in [0.29, 0.717) is 11.8 Å². The second kappa shape index (κ2) is 6.10. The fourth-order valence-electron chi connectivity index (χ4n) is 2.09. The van der Waals surface area contributed by atoms with Crippen LogP contribution in [0.4, 0.5) is 0 Å². The maximum Gasteiger partial charge on any atom is 0.131 e. The molecule has 96 valence electrons. The lowest BCUT2D eigenvalue weighted by Gasteiger charge is -2.16. The minimum atomic E-state index is 0.399. The van der Waals surface area contributed by atoms with Gasteiger partial charge >= 0.3 is 0 Å². The molecule has 0 spiro atoms. The zero-order valence-electron chi connectivity index (χ0n) is 12.0. The Balaban J connectivity index is 2.93. The van der Waals surface area contributed by atoms with Crippen LogP contribution in [-0.4, -0.2) is 23.6 Å². The van der Waals surface area contributed by atoms with Gasteiger partial charge in [-0.25, -0.2) is 9.97 Å². The summed E-state index contributed by atoms with van der Waals surface area (Å²) in [4.78, 5) is 9.23. The Hall–Kier alpha value is -0.960. The Morgan fingerprint density at radius 2 is 1.59 bits per heavy atom. The van der Waals surface area contributed by atoms with Gasteiger partial charge < -0.3 is 5.32 Å². The number of aryl methyl sites for hydroxylation is 2. The van der Waals surface area contributed by atoms with Crippen molar-refractivity contribution in [1.82, 2.24) is 15.3 Å². The highest BCUT2D eigenvalue weighted by Crippen LogP contribution is 2.18. The molecule has 0 saturated heterocycles. The fourth-order valence-corrected chi connectivity index (χ4v) is 2.09. The molecule has 1 unspecified atom stereocenters. The van der Waals surface area contributed by atoms with Crippen molar-refractivity contribution in [2.75, 3.05) is 13.6 Å². The third-order valence-corrected chi connectivity index (χ3v) is 3.06. The van der Waals surface area contributed by atoms with E-state index in [-0.39, 0.29) is 0 Å². The quantitative estimate of drug-likeness (QED) is 0.852. The highest BCUT2D eigenvalue weighted by atomic mass is 14.9. The second-order valence-electron chi connectivity index (χ2n) is 5.25. The van der Waals surface area contributed by atoms with Gasteiger partial charge in [-0.1, -0.05) is 20.8 Å². The van der Waals surface area contributed by atoms with Gasteiger partial charge in [-0.05, 0) is 45.3 Å². The van der Waals surface area contributed by atoms with Crippen molar-refractivity contribution in [3.05, 3.63) is 22.8 Å². The van der Waals surface area contributed by atoms with Crippen LogP contribution >= 0.6 is 0 Å². The summed E-state index contributed by atoms with van der Waals surface area (Å²) in [7, 11) is 1.99. The van der Waals surface area contributed by atoms with E-state index in [2.05, 4.69) is 49.9 Å². The predicted molar refractivity (Wildman–Crippen MR) is 72.4 cm³/mol. The van der Waals surface area contributed by atoms with Crippen molar-refractivity contribution >= 4 is 0 Å². The van der Waals surface area contributed by atoms with Crippen LogP contribution in [-0.2, 0) is 6.42 Å². The summed E-state index contributed by atoms with van der Waals surface area (Å²) >= 11 is 0. The lowest BCUT2D eigenvalue weighted by molar-refractivity contribution is 0.535. The molecule has 0 aliphatic heterocycles. The molecule has 17 heavy (non-hydrogen) atoms. The van der Waals surface area contributed by atoms with E-state index < -0.39 is 0 Å². The maximum atomic E-state index is 4.62. The van der Waals surface area contributed by atoms with Gasteiger partial charge in [-0.2, -0.15) is 0 Å². The Bertz CT molecular complexity index is 349. The summed E-state index contributed by atoms with van der Waals surface area (Å²) in [5.41, 5.74) is 3.60. The highest BCUT2D eigenvalue weighted by Gasteiger charge is 2.13. The van der Waals surface area contributed by atoms with Gasteiger partial charge in [-0.15, -0.1) is 0 Å². The molecule has 0 amide bonds. The van der Waals surface area contributed by atoms with E-state index >= 15 is 0 Å². The molecule has 1 heterocycles.